The summed E-state index contributed by atoms with van der Waals surface area (Å²) in [6, 6.07) is 7.20. The molecule has 0 saturated carbocycles. The van der Waals surface area contributed by atoms with Crippen LogP contribution in [0, 0.1) is 5.92 Å². The Bertz CT molecular complexity index is 458. The van der Waals surface area contributed by atoms with Crippen LogP contribution in [0.15, 0.2) is 28.7 Å². The lowest BCUT2D eigenvalue weighted by molar-refractivity contribution is -0.125. The molecule has 0 N–H and O–H groups in total. The van der Waals surface area contributed by atoms with Crippen LogP contribution in [-0.2, 0) is 4.79 Å². The second-order valence-corrected chi connectivity index (χ2v) is 5.12. The molecule has 0 radical (unpaired) electrons. The van der Waals surface area contributed by atoms with Crippen molar-refractivity contribution in [1.29, 1.82) is 0 Å². The molecule has 1 aromatic carbocycles. The molecule has 17 heavy (non-hydrogen) atoms. The highest BCUT2D eigenvalue weighted by molar-refractivity contribution is 9.10. The van der Waals surface area contributed by atoms with E-state index >= 15 is 0 Å². The number of nitrogens with zero attached hydrogens (tertiary/aromatic N) is 1. The number of hydrogen-bond acceptors (Lipinski definition) is 2. The molecule has 2 amide bonds. The zero-order valence-corrected chi connectivity index (χ0v) is 11.2. The molecule has 90 valence electrons. The smallest absolute Gasteiger partial charge is 0.261 e. The minimum atomic E-state index is -0.196. The Balaban J connectivity index is 2.22. The minimum Gasteiger partial charge on any atom is -0.278 e. The monoisotopic (exact) mass is 295 g/mol. The molecule has 0 aromatic heterocycles. The highest BCUT2D eigenvalue weighted by Crippen LogP contribution is 2.25. The number of likely N-dealkylation sites (tertiary alicyclic amines) is 1. The van der Waals surface area contributed by atoms with E-state index in [4.69, 9.17) is 0 Å². The van der Waals surface area contributed by atoms with Crippen molar-refractivity contribution in [2.24, 2.45) is 5.92 Å². The molecule has 0 spiro atoms. The predicted molar refractivity (Wildman–Crippen MR) is 68.6 cm³/mol. The third-order valence-electron chi connectivity index (χ3n) is 3.13. The summed E-state index contributed by atoms with van der Waals surface area (Å²) in [5.74, 6) is 0.0602. The van der Waals surface area contributed by atoms with Gasteiger partial charge in [0.1, 0.15) is 0 Å². The first-order valence-electron chi connectivity index (χ1n) is 5.72. The van der Waals surface area contributed by atoms with Crippen LogP contribution in [0.5, 0.6) is 0 Å². The summed E-state index contributed by atoms with van der Waals surface area (Å²) >= 11 is 3.34. The van der Waals surface area contributed by atoms with Gasteiger partial charge in [-0.05, 0) is 34.0 Å². The first-order chi connectivity index (χ1) is 8.13. The summed E-state index contributed by atoms with van der Waals surface area (Å²) in [7, 11) is 0. The van der Waals surface area contributed by atoms with E-state index in [1.807, 2.05) is 19.1 Å². The molecule has 1 atom stereocenters. The molecule has 3 nitrogen and oxygen atoms in total. The van der Waals surface area contributed by atoms with Gasteiger partial charge in [-0.2, -0.15) is 0 Å². The number of carbonyl (C=O) groups is 2. The normalized spacial score (nSPS) is 19.8. The minimum absolute atomic E-state index is 0.0578. The Morgan fingerprint density at radius 3 is 2.76 bits per heavy atom. The molecule has 1 unspecified atom stereocenters. The van der Waals surface area contributed by atoms with Crippen LogP contribution in [0.3, 0.4) is 0 Å². The van der Waals surface area contributed by atoms with E-state index in [-0.39, 0.29) is 11.8 Å². The van der Waals surface area contributed by atoms with Gasteiger partial charge in [0.2, 0.25) is 5.91 Å². The summed E-state index contributed by atoms with van der Waals surface area (Å²) < 4.78 is 0.734. The molecule has 1 saturated heterocycles. The summed E-state index contributed by atoms with van der Waals surface area (Å²) in [5.41, 5.74) is 0.553. The zero-order valence-electron chi connectivity index (χ0n) is 9.65. The predicted octanol–water partition coefficient (Wildman–Crippen LogP) is 2.85. The third-order valence-corrected chi connectivity index (χ3v) is 3.82. The molecular formula is C13H14BrNO2. The van der Waals surface area contributed by atoms with Crippen LogP contribution in [-0.4, -0.2) is 23.3 Å². The Morgan fingerprint density at radius 2 is 2.18 bits per heavy atom. The lowest BCUT2D eigenvalue weighted by atomic mass is 10.1. The first-order valence-corrected chi connectivity index (χ1v) is 6.52. The molecule has 2 rings (SSSR count). The molecule has 0 bridgehead atoms. The average molecular weight is 296 g/mol. The summed E-state index contributed by atoms with van der Waals surface area (Å²) in [5, 5.41) is 0. The number of hydrogen-bond donors (Lipinski definition) is 0. The van der Waals surface area contributed by atoms with Gasteiger partial charge in [0.05, 0.1) is 5.56 Å². The molecule has 1 aliphatic heterocycles. The lowest BCUT2D eigenvalue weighted by Crippen LogP contribution is -2.32. The van der Waals surface area contributed by atoms with Gasteiger partial charge in [0.25, 0.3) is 5.91 Å². The van der Waals surface area contributed by atoms with E-state index in [1.54, 1.807) is 12.1 Å². The average Bonchev–Trinajstić information content (AvgIpc) is 2.70. The van der Waals surface area contributed by atoms with Gasteiger partial charge < -0.3 is 0 Å². The van der Waals surface area contributed by atoms with Crippen molar-refractivity contribution in [2.75, 3.05) is 6.54 Å². The van der Waals surface area contributed by atoms with Crippen LogP contribution < -0.4 is 0 Å². The molecule has 1 fully saturated rings. The van der Waals surface area contributed by atoms with Crippen LogP contribution in [0.2, 0.25) is 0 Å². The number of benzene rings is 1. The highest BCUT2D eigenvalue weighted by atomic mass is 79.9. The van der Waals surface area contributed by atoms with E-state index in [1.165, 1.54) is 4.90 Å². The topological polar surface area (TPSA) is 37.4 Å². The molecule has 4 heteroatoms. The van der Waals surface area contributed by atoms with Crippen molar-refractivity contribution in [2.45, 2.75) is 19.8 Å². The molecule has 1 aliphatic rings. The van der Waals surface area contributed by atoms with Crippen LogP contribution in [0.4, 0.5) is 0 Å². The zero-order chi connectivity index (χ0) is 12.4. The van der Waals surface area contributed by atoms with Gasteiger partial charge in [-0.25, -0.2) is 0 Å². The van der Waals surface area contributed by atoms with E-state index in [2.05, 4.69) is 15.9 Å². The summed E-state index contributed by atoms with van der Waals surface area (Å²) in [4.78, 5) is 25.3. The fourth-order valence-corrected chi connectivity index (χ4v) is 2.49. The SMILES string of the molecule is CCC1CC(=O)N(C(=O)c2ccccc2Br)C1. The fourth-order valence-electron chi connectivity index (χ4n) is 2.03. The Labute approximate surface area is 109 Å². The van der Waals surface area contributed by atoms with Crippen LogP contribution >= 0.6 is 15.9 Å². The number of amides is 2. The van der Waals surface area contributed by atoms with Gasteiger partial charge in [0.15, 0.2) is 0 Å². The molecule has 0 aliphatic carbocycles. The van der Waals surface area contributed by atoms with Gasteiger partial charge in [0, 0.05) is 17.4 Å². The van der Waals surface area contributed by atoms with Gasteiger partial charge in [-0.1, -0.05) is 25.5 Å². The number of carbonyl (C=O) groups excluding carboxylic acids is 2. The maximum Gasteiger partial charge on any atom is 0.261 e. The van der Waals surface area contributed by atoms with Crippen LogP contribution in [0.1, 0.15) is 30.1 Å². The van der Waals surface area contributed by atoms with E-state index in [0.717, 1.165) is 10.9 Å². The second-order valence-electron chi connectivity index (χ2n) is 4.27. The van der Waals surface area contributed by atoms with Gasteiger partial charge in [-0.3, -0.25) is 14.5 Å². The number of halogens is 1. The van der Waals surface area contributed by atoms with E-state index < -0.39 is 0 Å². The highest BCUT2D eigenvalue weighted by Gasteiger charge is 2.33. The Morgan fingerprint density at radius 1 is 1.47 bits per heavy atom. The quantitative estimate of drug-likeness (QED) is 0.787. The summed E-state index contributed by atoms with van der Waals surface area (Å²) in [6.07, 6.45) is 1.43. The van der Waals surface area contributed by atoms with Crippen molar-refractivity contribution < 1.29 is 9.59 Å². The lowest BCUT2D eigenvalue weighted by Gasteiger charge is -2.15. The van der Waals surface area contributed by atoms with Crippen molar-refractivity contribution in [3.05, 3.63) is 34.3 Å². The fraction of sp³-hybridized carbons (Fsp3) is 0.385. The standard InChI is InChI=1S/C13H14BrNO2/c1-2-9-7-12(16)15(8-9)13(17)10-5-3-4-6-11(10)14/h3-6,9H,2,7-8H2,1H3. The maximum atomic E-state index is 12.2. The Hall–Kier alpha value is -1.16. The first kappa shape index (κ1) is 12.3. The third kappa shape index (κ3) is 2.41. The number of rotatable bonds is 2. The molecule has 1 aromatic rings. The second kappa shape index (κ2) is 5.00. The van der Waals surface area contributed by atoms with E-state index in [9.17, 15) is 9.59 Å². The van der Waals surface area contributed by atoms with Crippen LogP contribution in [0.25, 0.3) is 0 Å². The largest absolute Gasteiger partial charge is 0.278 e. The summed E-state index contributed by atoms with van der Waals surface area (Å²) in [6.45, 7) is 2.60. The number of imide groups is 1. The molecular weight excluding hydrogens is 282 g/mol. The molecule has 1 heterocycles. The van der Waals surface area contributed by atoms with Gasteiger partial charge >= 0.3 is 0 Å². The van der Waals surface area contributed by atoms with E-state index in [0.29, 0.717) is 24.4 Å². The maximum absolute atomic E-state index is 12.2. The Kier molecular flexibility index (Phi) is 3.62. The van der Waals surface area contributed by atoms with Crippen molar-refractivity contribution in [3.8, 4) is 0 Å². The van der Waals surface area contributed by atoms with Gasteiger partial charge in [-0.15, -0.1) is 0 Å². The van der Waals surface area contributed by atoms with Crippen molar-refractivity contribution in [3.63, 3.8) is 0 Å². The van der Waals surface area contributed by atoms with Crippen molar-refractivity contribution >= 4 is 27.7 Å². The van der Waals surface area contributed by atoms with Crippen molar-refractivity contribution in [1.82, 2.24) is 4.90 Å².